The van der Waals surface area contributed by atoms with E-state index in [4.69, 9.17) is 9.47 Å². The maximum absolute atomic E-state index is 13.7. The normalized spacial score (nSPS) is 50.4. The Labute approximate surface area is 164 Å². The first-order valence-corrected chi connectivity index (χ1v) is 10.7. The molecule has 1 N–H and O–H groups in total. The topological polar surface area (TPSA) is 55.8 Å². The number of Topliss-reactive ketones (excluding diaryl/α,β-unsaturated/α-hetero) is 1. The molecular weight excluding hydrogens is 340 g/mol. The van der Waals surface area contributed by atoms with Gasteiger partial charge in [0.1, 0.15) is 5.60 Å². The average Bonchev–Trinajstić information content (AvgIpc) is 2.66. The molecule has 3 aliphatic carbocycles. The summed E-state index contributed by atoms with van der Waals surface area (Å²) in [7, 11) is 1.79. The number of aliphatic hydroxyl groups is 1. The van der Waals surface area contributed by atoms with E-state index in [0.717, 1.165) is 32.1 Å². The highest BCUT2D eigenvalue weighted by Crippen LogP contribution is 2.66. The Kier molecular flexibility index (Phi) is 5.66. The summed E-state index contributed by atoms with van der Waals surface area (Å²) in [6.45, 7) is 12.6. The molecule has 8 atom stereocenters. The number of hydrogen-bond donors (Lipinski definition) is 1. The lowest BCUT2D eigenvalue weighted by molar-refractivity contribution is -0.232. The first-order chi connectivity index (χ1) is 12.7. The van der Waals surface area contributed by atoms with Gasteiger partial charge in [-0.1, -0.05) is 33.3 Å². The molecule has 2 unspecified atom stereocenters. The van der Waals surface area contributed by atoms with Crippen molar-refractivity contribution in [1.29, 1.82) is 0 Å². The van der Waals surface area contributed by atoms with E-state index < -0.39 is 11.7 Å². The van der Waals surface area contributed by atoms with Gasteiger partial charge < -0.3 is 14.6 Å². The van der Waals surface area contributed by atoms with Crippen molar-refractivity contribution in [2.75, 3.05) is 13.7 Å². The molecule has 2 bridgehead atoms. The summed E-state index contributed by atoms with van der Waals surface area (Å²) in [6.07, 6.45) is 6.76. The van der Waals surface area contributed by atoms with E-state index in [9.17, 15) is 9.90 Å². The summed E-state index contributed by atoms with van der Waals surface area (Å²) >= 11 is 0. The minimum Gasteiger partial charge on any atom is -0.392 e. The van der Waals surface area contributed by atoms with E-state index in [-0.39, 0.29) is 34.6 Å². The summed E-state index contributed by atoms with van der Waals surface area (Å²) in [5, 5.41) is 11.5. The number of aliphatic hydroxyl groups excluding tert-OH is 1. The second kappa shape index (κ2) is 7.27. The van der Waals surface area contributed by atoms with Crippen LogP contribution in [0.15, 0.2) is 12.7 Å². The van der Waals surface area contributed by atoms with Crippen molar-refractivity contribution in [3.8, 4) is 0 Å². The molecule has 27 heavy (non-hydrogen) atoms. The van der Waals surface area contributed by atoms with Crippen LogP contribution >= 0.6 is 0 Å². The Balaban J connectivity index is 2.16. The highest BCUT2D eigenvalue weighted by Gasteiger charge is 2.66. The Morgan fingerprint density at radius 2 is 1.96 bits per heavy atom. The SMILES string of the molecule is C=CCO[C@]1(C)C[C@@H](O)[C@@]2(C)C3[C@H](OC)CCCC3(CC[C@H]2C)[C@@H](C)C1=O. The number of methoxy groups -OCH3 is 1. The molecule has 3 rings (SSSR count). The van der Waals surface area contributed by atoms with Crippen molar-refractivity contribution in [3.05, 3.63) is 12.7 Å². The van der Waals surface area contributed by atoms with Crippen LogP contribution in [0.1, 0.15) is 66.2 Å². The van der Waals surface area contributed by atoms with Crippen LogP contribution in [0.4, 0.5) is 0 Å². The Morgan fingerprint density at radius 1 is 1.26 bits per heavy atom. The number of carbonyl (C=O) groups excluding carboxylic acids is 1. The molecule has 3 saturated carbocycles. The van der Waals surface area contributed by atoms with Gasteiger partial charge in [0.2, 0.25) is 0 Å². The lowest BCUT2D eigenvalue weighted by Crippen LogP contribution is -2.67. The molecule has 0 spiro atoms. The number of ether oxygens (including phenoxy) is 2. The van der Waals surface area contributed by atoms with Crippen LogP contribution in [-0.4, -0.2) is 42.4 Å². The van der Waals surface area contributed by atoms with E-state index in [2.05, 4.69) is 27.4 Å². The van der Waals surface area contributed by atoms with Gasteiger partial charge in [0.15, 0.2) is 5.78 Å². The maximum atomic E-state index is 13.7. The predicted molar refractivity (Wildman–Crippen MR) is 106 cm³/mol. The minimum atomic E-state index is -0.969. The molecule has 0 aliphatic heterocycles. The second-order valence-electron chi connectivity index (χ2n) is 9.82. The van der Waals surface area contributed by atoms with E-state index in [0.29, 0.717) is 18.9 Å². The largest absolute Gasteiger partial charge is 0.392 e. The molecule has 0 saturated heterocycles. The van der Waals surface area contributed by atoms with Crippen LogP contribution in [0.5, 0.6) is 0 Å². The molecule has 0 heterocycles. The van der Waals surface area contributed by atoms with Gasteiger partial charge in [0.05, 0.1) is 18.8 Å². The van der Waals surface area contributed by atoms with Crippen LogP contribution in [0.2, 0.25) is 0 Å². The van der Waals surface area contributed by atoms with E-state index in [1.165, 1.54) is 0 Å². The van der Waals surface area contributed by atoms with Gasteiger partial charge in [-0.15, -0.1) is 6.58 Å². The predicted octanol–water partition coefficient (Wildman–Crippen LogP) is 4.16. The number of hydrogen-bond acceptors (Lipinski definition) is 4. The molecule has 0 aromatic rings. The monoisotopic (exact) mass is 378 g/mol. The van der Waals surface area contributed by atoms with Crippen molar-refractivity contribution in [2.24, 2.45) is 28.6 Å². The second-order valence-corrected chi connectivity index (χ2v) is 9.82. The molecule has 0 amide bonds. The van der Waals surface area contributed by atoms with Gasteiger partial charge in [-0.25, -0.2) is 0 Å². The zero-order valence-electron chi connectivity index (χ0n) is 17.8. The lowest BCUT2D eigenvalue weighted by Gasteiger charge is -2.65. The lowest BCUT2D eigenvalue weighted by atomic mass is 9.40. The van der Waals surface area contributed by atoms with Crippen molar-refractivity contribution in [3.63, 3.8) is 0 Å². The molecule has 4 heteroatoms. The van der Waals surface area contributed by atoms with Gasteiger partial charge >= 0.3 is 0 Å². The molecule has 0 radical (unpaired) electrons. The zero-order valence-corrected chi connectivity index (χ0v) is 17.8. The fraction of sp³-hybridized carbons (Fsp3) is 0.870. The molecule has 0 aromatic carbocycles. The molecular formula is C23H38O4. The summed E-state index contributed by atoms with van der Waals surface area (Å²) in [4.78, 5) is 13.7. The van der Waals surface area contributed by atoms with Crippen LogP contribution in [-0.2, 0) is 14.3 Å². The Hall–Kier alpha value is -0.710. The first kappa shape index (κ1) is 21.0. The van der Waals surface area contributed by atoms with Crippen molar-refractivity contribution < 1.29 is 19.4 Å². The quantitative estimate of drug-likeness (QED) is 0.747. The standard InChI is InChI=1S/C23H38O4/c1-7-13-27-21(4)14-18(24)22(5)15(2)10-12-23(16(3)20(21)25)11-8-9-17(26-6)19(22)23/h7,15-19,24H,1,8-14H2,2-6H3/t15-,16+,17-,18-,19?,21-,22+,23?/m1/s1. The molecule has 0 aromatic heterocycles. The summed E-state index contributed by atoms with van der Waals surface area (Å²) < 4.78 is 12.0. The van der Waals surface area contributed by atoms with E-state index in [1.54, 1.807) is 13.2 Å². The fourth-order valence-corrected chi connectivity index (χ4v) is 7.00. The fourth-order valence-electron chi connectivity index (χ4n) is 7.00. The smallest absolute Gasteiger partial charge is 0.167 e. The highest BCUT2D eigenvalue weighted by atomic mass is 16.5. The molecule has 3 fully saturated rings. The molecule has 4 nitrogen and oxygen atoms in total. The third-order valence-corrected chi connectivity index (χ3v) is 8.80. The number of carbonyl (C=O) groups is 1. The average molecular weight is 379 g/mol. The molecule has 3 aliphatic rings. The van der Waals surface area contributed by atoms with E-state index >= 15 is 0 Å². The van der Waals surface area contributed by atoms with Crippen molar-refractivity contribution >= 4 is 5.78 Å². The third kappa shape index (κ3) is 2.94. The minimum absolute atomic E-state index is 0.102. The van der Waals surface area contributed by atoms with Crippen molar-refractivity contribution in [2.45, 2.75) is 84.0 Å². The van der Waals surface area contributed by atoms with Gasteiger partial charge in [-0.05, 0) is 49.9 Å². The van der Waals surface area contributed by atoms with Gasteiger partial charge in [-0.3, -0.25) is 4.79 Å². The van der Waals surface area contributed by atoms with E-state index in [1.807, 2.05) is 6.92 Å². The number of rotatable bonds is 4. The highest BCUT2D eigenvalue weighted by molar-refractivity contribution is 5.90. The first-order valence-electron chi connectivity index (χ1n) is 10.7. The van der Waals surface area contributed by atoms with Crippen LogP contribution in [0, 0.1) is 28.6 Å². The number of ketones is 1. The third-order valence-electron chi connectivity index (χ3n) is 8.80. The summed E-state index contributed by atoms with van der Waals surface area (Å²) in [6, 6.07) is 0. The van der Waals surface area contributed by atoms with Crippen LogP contribution in [0.3, 0.4) is 0 Å². The van der Waals surface area contributed by atoms with Crippen LogP contribution in [0.25, 0.3) is 0 Å². The Morgan fingerprint density at radius 3 is 2.59 bits per heavy atom. The van der Waals surface area contributed by atoms with Crippen LogP contribution < -0.4 is 0 Å². The van der Waals surface area contributed by atoms with Gasteiger partial charge in [-0.2, -0.15) is 0 Å². The molecule has 154 valence electrons. The zero-order chi connectivity index (χ0) is 20.0. The summed E-state index contributed by atoms with van der Waals surface area (Å²) in [5.74, 6) is 0.618. The Bertz CT molecular complexity index is 589. The summed E-state index contributed by atoms with van der Waals surface area (Å²) in [5.41, 5.74) is -1.37. The maximum Gasteiger partial charge on any atom is 0.167 e. The van der Waals surface area contributed by atoms with Gasteiger partial charge in [0, 0.05) is 24.9 Å². The van der Waals surface area contributed by atoms with Crippen molar-refractivity contribution in [1.82, 2.24) is 0 Å². The van der Waals surface area contributed by atoms with Gasteiger partial charge in [0.25, 0.3) is 0 Å².